The summed E-state index contributed by atoms with van der Waals surface area (Å²) >= 11 is 2.15. The highest BCUT2D eigenvalue weighted by atomic mass is 127. The summed E-state index contributed by atoms with van der Waals surface area (Å²) in [5.41, 5.74) is 0.0929. The number of H-pyrrole nitrogens is 1. The zero-order chi connectivity index (χ0) is 7.90. The summed E-state index contributed by atoms with van der Waals surface area (Å²) in [6, 6.07) is 1.91. The second kappa shape index (κ2) is 2.36. The Bertz CT molecular complexity index is 267. The molecule has 0 radical (unpaired) electrons. The van der Waals surface area contributed by atoms with Crippen molar-refractivity contribution >= 4 is 22.6 Å². The maximum atomic E-state index is 5.61. The Morgan fingerprint density at radius 1 is 1.73 bits per heavy atom. The van der Waals surface area contributed by atoms with Gasteiger partial charge in [0.05, 0.1) is 0 Å². The van der Waals surface area contributed by atoms with Gasteiger partial charge >= 0.3 is 0 Å². The van der Waals surface area contributed by atoms with Crippen molar-refractivity contribution in [1.29, 1.82) is 0 Å². The second-order valence-electron chi connectivity index (χ2n) is 3.11. The molecule has 0 bridgehead atoms. The lowest BCUT2D eigenvalue weighted by atomic mass is 10.4. The predicted molar refractivity (Wildman–Crippen MR) is 49.6 cm³/mol. The largest absolute Gasteiger partial charge is 0.472 e. The molecule has 1 fully saturated rings. The van der Waals surface area contributed by atoms with E-state index in [9.17, 15) is 0 Å². The van der Waals surface area contributed by atoms with Crippen LogP contribution in [0.2, 0.25) is 0 Å². The molecule has 1 saturated carbocycles. The monoisotopic (exact) mass is 264 g/mol. The molecule has 1 aliphatic carbocycles. The van der Waals surface area contributed by atoms with Crippen LogP contribution < -0.4 is 4.74 Å². The van der Waals surface area contributed by atoms with E-state index in [4.69, 9.17) is 4.74 Å². The summed E-state index contributed by atoms with van der Waals surface area (Å²) in [6.45, 7) is 2.11. The summed E-state index contributed by atoms with van der Waals surface area (Å²) in [5.74, 6) is 0.786. The summed E-state index contributed by atoms with van der Waals surface area (Å²) in [6.07, 6.45) is 2.31. The molecule has 0 amide bonds. The van der Waals surface area contributed by atoms with Crippen LogP contribution in [0.5, 0.6) is 5.88 Å². The molecule has 0 atom stereocenters. The molecular weight excluding hydrogens is 255 g/mol. The van der Waals surface area contributed by atoms with Crippen LogP contribution in [0.25, 0.3) is 0 Å². The summed E-state index contributed by atoms with van der Waals surface area (Å²) in [7, 11) is 0. The number of ether oxygens (including phenoxy) is 1. The minimum absolute atomic E-state index is 0.0929. The number of aromatic amines is 1. The van der Waals surface area contributed by atoms with Crippen molar-refractivity contribution in [2.45, 2.75) is 25.4 Å². The van der Waals surface area contributed by atoms with Gasteiger partial charge in [-0.3, -0.25) is 0 Å². The van der Waals surface area contributed by atoms with E-state index in [2.05, 4.69) is 39.7 Å². The van der Waals surface area contributed by atoms with Gasteiger partial charge in [-0.05, 0) is 42.4 Å². The fraction of sp³-hybridized carbons (Fsp3) is 0.571. The molecule has 0 unspecified atom stereocenters. The molecule has 4 heteroatoms. The highest BCUT2D eigenvalue weighted by Gasteiger charge is 2.40. The molecule has 1 aliphatic rings. The second-order valence-corrected chi connectivity index (χ2v) is 4.21. The number of hydrogen-bond donors (Lipinski definition) is 1. The van der Waals surface area contributed by atoms with Crippen molar-refractivity contribution in [3.8, 4) is 5.88 Å². The molecule has 2 rings (SSSR count). The van der Waals surface area contributed by atoms with Gasteiger partial charge in [0.25, 0.3) is 0 Å². The Morgan fingerprint density at radius 3 is 2.91 bits per heavy atom. The fourth-order valence-corrected chi connectivity index (χ4v) is 1.28. The van der Waals surface area contributed by atoms with Crippen LogP contribution in [0.3, 0.4) is 0 Å². The average Bonchev–Trinajstić information content (AvgIpc) is 2.49. The first-order chi connectivity index (χ1) is 5.18. The molecule has 1 aromatic rings. The fourth-order valence-electron chi connectivity index (χ4n) is 0.877. The summed E-state index contributed by atoms with van der Waals surface area (Å²) in [5, 5.41) is 6.79. The van der Waals surface area contributed by atoms with E-state index in [-0.39, 0.29) is 5.60 Å². The van der Waals surface area contributed by atoms with Crippen LogP contribution >= 0.6 is 22.6 Å². The number of rotatable bonds is 2. The van der Waals surface area contributed by atoms with Crippen molar-refractivity contribution in [3.05, 3.63) is 9.77 Å². The molecule has 11 heavy (non-hydrogen) atoms. The van der Waals surface area contributed by atoms with Crippen molar-refractivity contribution in [2.75, 3.05) is 0 Å². The maximum absolute atomic E-state index is 5.61. The third-order valence-corrected chi connectivity index (χ3v) is 2.39. The van der Waals surface area contributed by atoms with Crippen LogP contribution in [-0.2, 0) is 0 Å². The number of halogens is 1. The van der Waals surface area contributed by atoms with Crippen molar-refractivity contribution < 1.29 is 4.74 Å². The molecule has 0 saturated heterocycles. The smallest absolute Gasteiger partial charge is 0.210 e. The van der Waals surface area contributed by atoms with Gasteiger partial charge in [-0.15, -0.1) is 0 Å². The Morgan fingerprint density at radius 2 is 2.45 bits per heavy atom. The predicted octanol–water partition coefficient (Wildman–Crippen LogP) is 1.95. The highest BCUT2D eigenvalue weighted by molar-refractivity contribution is 14.1. The molecule has 0 spiro atoms. The van der Waals surface area contributed by atoms with Crippen LogP contribution in [0.4, 0.5) is 0 Å². The van der Waals surface area contributed by atoms with Crippen LogP contribution in [0.15, 0.2) is 6.07 Å². The Balaban J connectivity index is 2.06. The SMILES string of the molecule is CC1(Oc2cc(I)n[nH]2)CC1. The van der Waals surface area contributed by atoms with Gasteiger partial charge < -0.3 is 4.74 Å². The maximum Gasteiger partial charge on any atom is 0.210 e. The quantitative estimate of drug-likeness (QED) is 0.829. The van der Waals surface area contributed by atoms with Crippen LogP contribution in [-0.4, -0.2) is 15.8 Å². The third kappa shape index (κ3) is 1.66. The Hall–Kier alpha value is -0.260. The minimum atomic E-state index is 0.0929. The van der Waals surface area contributed by atoms with Gasteiger partial charge in [0.1, 0.15) is 9.30 Å². The van der Waals surface area contributed by atoms with Gasteiger partial charge in [-0.2, -0.15) is 5.10 Å². The van der Waals surface area contributed by atoms with Crippen molar-refractivity contribution in [1.82, 2.24) is 10.2 Å². The molecule has 1 aromatic heterocycles. The Labute approximate surface area is 78.7 Å². The first-order valence-electron chi connectivity index (χ1n) is 3.58. The van der Waals surface area contributed by atoms with E-state index in [0.717, 1.165) is 22.4 Å². The normalized spacial score (nSPS) is 19.8. The van der Waals surface area contributed by atoms with E-state index in [0.29, 0.717) is 0 Å². The lowest BCUT2D eigenvalue weighted by molar-refractivity contribution is 0.191. The van der Waals surface area contributed by atoms with Crippen molar-refractivity contribution in [3.63, 3.8) is 0 Å². The number of aromatic nitrogens is 2. The third-order valence-electron chi connectivity index (χ3n) is 1.83. The summed E-state index contributed by atoms with van der Waals surface area (Å²) < 4.78 is 6.56. The van der Waals surface area contributed by atoms with Gasteiger partial charge in [-0.1, -0.05) is 0 Å². The number of nitrogens with zero attached hydrogens (tertiary/aromatic N) is 1. The Kier molecular flexibility index (Phi) is 1.59. The minimum Gasteiger partial charge on any atom is -0.472 e. The van der Waals surface area contributed by atoms with Crippen molar-refractivity contribution in [2.24, 2.45) is 0 Å². The molecule has 0 aliphatic heterocycles. The van der Waals surface area contributed by atoms with E-state index in [1.54, 1.807) is 0 Å². The number of nitrogens with one attached hydrogen (secondary N) is 1. The molecule has 1 N–H and O–H groups in total. The van der Waals surface area contributed by atoms with Gasteiger partial charge in [-0.25, -0.2) is 5.10 Å². The lowest BCUT2D eigenvalue weighted by Crippen LogP contribution is -2.12. The molecule has 0 aromatic carbocycles. The molecule has 3 nitrogen and oxygen atoms in total. The zero-order valence-corrected chi connectivity index (χ0v) is 8.38. The van der Waals surface area contributed by atoms with E-state index >= 15 is 0 Å². The highest BCUT2D eigenvalue weighted by Crippen LogP contribution is 2.38. The number of hydrogen-bond acceptors (Lipinski definition) is 2. The first kappa shape index (κ1) is 7.39. The molecule has 1 heterocycles. The van der Waals surface area contributed by atoms with Gasteiger partial charge in [0.2, 0.25) is 5.88 Å². The van der Waals surface area contributed by atoms with E-state index in [1.807, 2.05) is 6.07 Å². The zero-order valence-electron chi connectivity index (χ0n) is 6.22. The molecule has 60 valence electrons. The topological polar surface area (TPSA) is 37.9 Å². The van der Waals surface area contributed by atoms with E-state index in [1.165, 1.54) is 0 Å². The molecular formula is C7H9IN2O. The van der Waals surface area contributed by atoms with E-state index < -0.39 is 0 Å². The average molecular weight is 264 g/mol. The van der Waals surface area contributed by atoms with Crippen LogP contribution in [0.1, 0.15) is 19.8 Å². The standard InChI is InChI=1S/C7H9IN2O/c1-7(2-3-7)11-6-4-5(8)9-10-6/h4H,2-3H2,1H3,(H,9,10). The van der Waals surface area contributed by atoms with Gasteiger partial charge in [0, 0.05) is 6.07 Å². The first-order valence-corrected chi connectivity index (χ1v) is 4.66. The van der Waals surface area contributed by atoms with Gasteiger partial charge in [0.15, 0.2) is 0 Å². The van der Waals surface area contributed by atoms with Crippen LogP contribution in [0, 0.1) is 3.70 Å². The lowest BCUT2D eigenvalue weighted by Gasteiger charge is -2.08. The summed E-state index contributed by atoms with van der Waals surface area (Å²) in [4.78, 5) is 0.